The number of fused-ring (bicyclic) bond motifs is 1. The highest BCUT2D eigenvalue weighted by molar-refractivity contribution is 8.01. The Morgan fingerprint density at radius 2 is 2.26 bits per heavy atom. The quantitative estimate of drug-likeness (QED) is 0.912. The molecule has 1 N–H and O–H groups in total. The van der Waals surface area contributed by atoms with Crippen LogP contribution in [0.15, 0.2) is 47.5 Å². The SMILES string of the molecule is Cc1ccc2c(c1)S[C@@H](C(=O)Nc1ccccn1)C2. The van der Waals surface area contributed by atoms with E-state index in [1.807, 2.05) is 12.1 Å². The Morgan fingerprint density at radius 1 is 1.37 bits per heavy atom. The smallest absolute Gasteiger partial charge is 0.239 e. The summed E-state index contributed by atoms with van der Waals surface area (Å²) in [5, 5.41) is 2.81. The molecule has 3 rings (SSSR count). The van der Waals surface area contributed by atoms with Crippen LogP contribution in [-0.4, -0.2) is 16.1 Å². The number of rotatable bonds is 2. The first-order valence-corrected chi connectivity index (χ1v) is 7.08. The first-order chi connectivity index (χ1) is 9.22. The summed E-state index contributed by atoms with van der Waals surface area (Å²) < 4.78 is 0. The van der Waals surface area contributed by atoms with Gasteiger partial charge in [0, 0.05) is 11.1 Å². The lowest BCUT2D eigenvalue weighted by molar-refractivity contribution is -0.115. The minimum Gasteiger partial charge on any atom is -0.310 e. The van der Waals surface area contributed by atoms with Gasteiger partial charge in [-0.3, -0.25) is 4.79 Å². The van der Waals surface area contributed by atoms with Crippen LogP contribution in [-0.2, 0) is 11.2 Å². The topological polar surface area (TPSA) is 42.0 Å². The van der Waals surface area contributed by atoms with E-state index in [0.29, 0.717) is 5.82 Å². The highest BCUT2D eigenvalue weighted by Crippen LogP contribution is 2.37. The lowest BCUT2D eigenvalue weighted by Gasteiger charge is -2.08. The van der Waals surface area contributed by atoms with E-state index in [2.05, 4.69) is 35.4 Å². The van der Waals surface area contributed by atoms with E-state index in [0.717, 1.165) is 6.42 Å². The van der Waals surface area contributed by atoms with Crippen molar-refractivity contribution in [3.63, 3.8) is 0 Å². The van der Waals surface area contributed by atoms with Crippen molar-refractivity contribution in [1.29, 1.82) is 0 Å². The molecular weight excluding hydrogens is 256 g/mol. The molecule has 1 aromatic carbocycles. The maximum Gasteiger partial charge on any atom is 0.239 e. The fraction of sp³-hybridized carbons (Fsp3) is 0.200. The number of carbonyl (C=O) groups excluding carboxylic acids is 1. The van der Waals surface area contributed by atoms with Crippen LogP contribution in [0.5, 0.6) is 0 Å². The van der Waals surface area contributed by atoms with Crippen LogP contribution in [0.4, 0.5) is 5.82 Å². The number of pyridine rings is 1. The highest BCUT2D eigenvalue weighted by atomic mass is 32.2. The average Bonchev–Trinajstić information content (AvgIpc) is 2.83. The zero-order valence-electron chi connectivity index (χ0n) is 10.6. The molecule has 0 unspecified atom stereocenters. The Kier molecular flexibility index (Phi) is 3.25. The van der Waals surface area contributed by atoms with E-state index in [1.165, 1.54) is 16.0 Å². The van der Waals surface area contributed by atoms with Crippen LogP contribution in [0, 0.1) is 6.92 Å². The van der Waals surface area contributed by atoms with Gasteiger partial charge in [0.25, 0.3) is 0 Å². The number of carbonyl (C=O) groups is 1. The second kappa shape index (κ2) is 5.05. The molecular formula is C15H14N2OS. The van der Waals surface area contributed by atoms with Gasteiger partial charge in [-0.1, -0.05) is 23.8 Å². The molecule has 0 saturated carbocycles. The maximum atomic E-state index is 12.2. The van der Waals surface area contributed by atoms with Gasteiger partial charge in [-0.2, -0.15) is 0 Å². The normalized spacial score (nSPS) is 17.0. The minimum absolute atomic E-state index is 0.0255. The third-order valence-electron chi connectivity index (χ3n) is 3.11. The molecule has 0 aliphatic carbocycles. The molecule has 2 heterocycles. The third-order valence-corrected chi connectivity index (χ3v) is 4.41. The second-order valence-corrected chi connectivity index (χ2v) is 5.87. The summed E-state index contributed by atoms with van der Waals surface area (Å²) in [6.07, 6.45) is 2.47. The molecule has 1 atom stereocenters. The number of anilines is 1. The zero-order chi connectivity index (χ0) is 13.2. The standard InChI is InChI=1S/C15H14N2OS/c1-10-5-6-11-9-13(19-12(11)8-10)15(18)17-14-4-2-3-7-16-14/h2-8,13H,9H2,1H3,(H,16,17,18)/t13-/m1/s1. The van der Waals surface area contributed by atoms with Crippen molar-refractivity contribution in [2.24, 2.45) is 0 Å². The fourth-order valence-corrected chi connectivity index (χ4v) is 3.42. The number of aryl methyl sites for hydroxylation is 1. The lowest BCUT2D eigenvalue weighted by Crippen LogP contribution is -2.25. The molecule has 1 aromatic heterocycles. The maximum absolute atomic E-state index is 12.2. The summed E-state index contributed by atoms with van der Waals surface area (Å²) in [4.78, 5) is 17.5. The third kappa shape index (κ3) is 2.63. The second-order valence-electron chi connectivity index (χ2n) is 4.63. The van der Waals surface area contributed by atoms with Crippen molar-refractivity contribution < 1.29 is 4.79 Å². The molecule has 4 heteroatoms. The summed E-state index contributed by atoms with van der Waals surface area (Å²) in [5.74, 6) is 0.637. The van der Waals surface area contributed by atoms with Crippen LogP contribution < -0.4 is 5.32 Å². The van der Waals surface area contributed by atoms with Gasteiger partial charge >= 0.3 is 0 Å². The van der Waals surface area contributed by atoms with Crippen LogP contribution in [0.25, 0.3) is 0 Å². The summed E-state index contributed by atoms with van der Waals surface area (Å²) in [7, 11) is 0. The van der Waals surface area contributed by atoms with E-state index in [1.54, 1.807) is 24.0 Å². The molecule has 1 aliphatic rings. The molecule has 1 aliphatic heterocycles. The van der Waals surface area contributed by atoms with Gasteiger partial charge < -0.3 is 5.32 Å². The van der Waals surface area contributed by atoms with E-state index in [9.17, 15) is 4.79 Å². The van der Waals surface area contributed by atoms with Gasteiger partial charge in [-0.15, -0.1) is 11.8 Å². The van der Waals surface area contributed by atoms with E-state index in [4.69, 9.17) is 0 Å². The molecule has 3 nitrogen and oxygen atoms in total. The van der Waals surface area contributed by atoms with Crippen molar-refractivity contribution in [2.45, 2.75) is 23.5 Å². The van der Waals surface area contributed by atoms with Crippen LogP contribution >= 0.6 is 11.8 Å². The highest BCUT2D eigenvalue weighted by Gasteiger charge is 2.28. The summed E-state index contributed by atoms with van der Waals surface area (Å²) in [5.41, 5.74) is 2.49. The van der Waals surface area contributed by atoms with Crippen molar-refractivity contribution in [3.05, 3.63) is 53.7 Å². The Labute approximate surface area is 116 Å². The van der Waals surface area contributed by atoms with Crippen molar-refractivity contribution in [3.8, 4) is 0 Å². The first kappa shape index (κ1) is 12.2. The van der Waals surface area contributed by atoms with Gasteiger partial charge in [0.1, 0.15) is 5.82 Å². The largest absolute Gasteiger partial charge is 0.310 e. The van der Waals surface area contributed by atoms with Gasteiger partial charge in [0.2, 0.25) is 5.91 Å². The van der Waals surface area contributed by atoms with E-state index < -0.39 is 0 Å². The molecule has 19 heavy (non-hydrogen) atoms. The number of hydrogen-bond donors (Lipinski definition) is 1. The molecule has 0 radical (unpaired) electrons. The number of benzene rings is 1. The Hall–Kier alpha value is -1.81. The van der Waals surface area contributed by atoms with Gasteiger partial charge in [-0.05, 0) is 37.1 Å². The number of amides is 1. The Balaban J connectivity index is 1.71. The Bertz CT molecular complexity index is 613. The van der Waals surface area contributed by atoms with Crippen molar-refractivity contribution in [2.75, 3.05) is 5.32 Å². The van der Waals surface area contributed by atoms with E-state index in [-0.39, 0.29) is 11.2 Å². The molecule has 0 saturated heterocycles. The monoisotopic (exact) mass is 270 g/mol. The van der Waals surface area contributed by atoms with E-state index >= 15 is 0 Å². The molecule has 1 amide bonds. The fourth-order valence-electron chi connectivity index (χ4n) is 2.12. The van der Waals surface area contributed by atoms with Gasteiger partial charge in [0.05, 0.1) is 5.25 Å². The zero-order valence-corrected chi connectivity index (χ0v) is 11.4. The summed E-state index contributed by atoms with van der Waals surface area (Å²) in [6, 6.07) is 11.9. The summed E-state index contributed by atoms with van der Waals surface area (Å²) in [6.45, 7) is 2.07. The molecule has 0 spiro atoms. The number of nitrogens with zero attached hydrogens (tertiary/aromatic N) is 1. The molecule has 0 fully saturated rings. The van der Waals surface area contributed by atoms with Crippen LogP contribution in [0.1, 0.15) is 11.1 Å². The number of aromatic nitrogens is 1. The Morgan fingerprint density at radius 3 is 3.05 bits per heavy atom. The molecule has 96 valence electrons. The number of hydrogen-bond acceptors (Lipinski definition) is 3. The van der Waals surface area contributed by atoms with Gasteiger partial charge in [-0.25, -0.2) is 4.98 Å². The van der Waals surface area contributed by atoms with Crippen molar-refractivity contribution in [1.82, 2.24) is 4.98 Å². The number of nitrogens with one attached hydrogen (secondary N) is 1. The predicted molar refractivity (Wildman–Crippen MR) is 77.4 cm³/mol. The summed E-state index contributed by atoms with van der Waals surface area (Å²) >= 11 is 1.64. The predicted octanol–water partition coefficient (Wildman–Crippen LogP) is 3.05. The number of thioether (sulfide) groups is 1. The van der Waals surface area contributed by atoms with Crippen LogP contribution in [0.2, 0.25) is 0 Å². The van der Waals surface area contributed by atoms with Crippen molar-refractivity contribution >= 4 is 23.5 Å². The average molecular weight is 270 g/mol. The van der Waals surface area contributed by atoms with Gasteiger partial charge in [0.15, 0.2) is 0 Å². The lowest BCUT2D eigenvalue weighted by atomic mass is 10.1. The molecule has 0 bridgehead atoms. The molecule has 2 aromatic rings. The van der Waals surface area contributed by atoms with Crippen LogP contribution in [0.3, 0.4) is 0 Å². The minimum atomic E-state index is -0.0567. The first-order valence-electron chi connectivity index (χ1n) is 6.20.